The van der Waals surface area contributed by atoms with Crippen LogP contribution in [0.1, 0.15) is 81.8 Å². The summed E-state index contributed by atoms with van der Waals surface area (Å²) in [6, 6.07) is 24.3. The molecule has 0 bridgehead atoms. The van der Waals surface area contributed by atoms with Crippen LogP contribution in [0, 0.1) is 0 Å². The molecule has 5 aromatic rings. The predicted molar refractivity (Wildman–Crippen MR) is 258 cm³/mol. The maximum absolute atomic E-state index is 13.6. The van der Waals surface area contributed by atoms with Crippen LogP contribution in [0.15, 0.2) is 115 Å². The number of aliphatic hydroxyl groups is 2. The molecule has 0 radical (unpaired) electrons. The van der Waals surface area contributed by atoms with Crippen LogP contribution in [0.4, 0.5) is 37.7 Å². The molecule has 0 aliphatic carbocycles. The molecule has 0 fully saturated rings. The number of nitrogen functional groups attached to an aromatic ring is 2. The van der Waals surface area contributed by atoms with Crippen molar-refractivity contribution < 1.29 is 84.2 Å². The van der Waals surface area contributed by atoms with E-state index < -0.39 is 66.8 Å². The minimum Gasteiger partial charge on any atom is -0.494 e. The smallest absolute Gasteiger partial charge is 0.389 e. The Hall–Kier alpha value is -7.84. The number of carbonyl (C=O) groups excluding carboxylic acids is 4. The summed E-state index contributed by atoms with van der Waals surface area (Å²) >= 11 is 0. The van der Waals surface area contributed by atoms with Gasteiger partial charge in [0, 0.05) is 24.2 Å². The number of esters is 2. The third kappa shape index (κ3) is 17.8. The van der Waals surface area contributed by atoms with Crippen LogP contribution in [0.3, 0.4) is 0 Å². The lowest BCUT2D eigenvalue weighted by molar-refractivity contribution is -0.136. The van der Waals surface area contributed by atoms with E-state index in [0.29, 0.717) is 22.6 Å². The van der Waals surface area contributed by atoms with Crippen molar-refractivity contribution >= 4 is 47.0 Å². The molecule has 5 rings (SSSR count). The Morgan fingerprint density at radius 1 is 0.534 bits per heavy atom. The van der Waals surface area contributed by atoms with Crippen LogP contribution in [-0.4, -0.2) is 85.7 Å². The third-order valence-corrected chi connectivity index (χ3v) is 10.7. The van der Waals surface area contributed by atoms with Gasteiger partial charge in [0.25, 0.3) is 0 Å². The van der Waals surface area contributed by atoms with Crippen molar-refractivity contribution in [3.63, 3.8) is 0 Å². The number of aliphatic hydroxyl groups excluding tert-OH is 2. The van der Waals surface area contributed by atoms with Gasteiger partial charge in [-0.05, 0) is 146 Å². The van der Waals surface area contributed by atoms with Gasteiger partial charge < -0.3 is 50.1 Å². The first-order valence-corrected chi connectivity index (χ1v) is 22.5. The molecule has 2 atom stereocenters. The van der Waals surface area contributed by atoms with Crippen LogP contribution < -0.4 is 39.9 Å². The maximum atomic E-state index is 13.6. The van der Waals surface area contributed by atoms with Gasteiger partial charge in [0.2, 0.25) is 0 Å². The van der Waals surface area contributed by atoms with Crippen LogP contribution in [0.2, 0.25) is 0 Å². The summed E-state index contributed by atoms with van der Waals surface area (Å²) in [5.74, 6) is -4.05. The standard InChI is InChI=1S/C53H52F6N2O12/c1-68-45-27-32(9-21-43(45)72-50(66)34-11-15-39(16-12-34)70-25-5-3-23-52(54,55)56)7-19-41(62)48(64)47(36-29-37(60)31-38(61)30-36)49(65)42(63)20-8-33-10-22-44(46(28-33)69-2)73-51(67)35-13-17-40(18-14-35)71-26-6-4-24-53(57,58)59/h7-22,27-31,47-49,64-65H,3-6,23-26,60-61H2,1-2H3/b19-7+,20-8+. The zero-order chi connectivity index (χ0) is 53.3. The number of alkyl halides is 6. The topological polar surface area (TPSA) is 216 Å². The molecular formula is C53H52F6N2O12. The maximum Gasteiger partial charge on any atom is 0.389 e. The Morgan fingerprint density at radius 2 is 0.918 bits per heavy atom. The summed E-state index contributed by atoms with van der Waals surface area (Å²) in [5.41, 5.74) is 13.3. The second kappa shape index (κ2) is 26.0. The van der Waals surface area contributed by atoms with Crippen molar-refractivity contribution in [3.05, 3.63) is 143 Å². The van der Waals surface area contributed by atoms with Crippen molar-refractivity contribution in [3.8, 4) is 34.5 Å². The molecular weight excluding hydrogens is 971 g/mol. The molecule has 388 valence electrons. The van der Waals surface area contributed by atoms with Crippen LogP contribution >= 0.6 is 0 Å². The van der Waals surface area contributed by atoms with E-state index in [1.807, 2.05) is 0 Å². The van der Waals surface area contributed by atoms with E-state index in [2.05, 4.69) is 0 Å². The SMILES string of the molecule is COc1cc(/C=C/C(=O)C(O)C(c2cc(N)cc(N)c2)C(O)C(=O)/C=C/c2ccc(OC(=O)c3ccc(OCCCCC(F)(F)F)cc3)c(OC)c2)ccc1OC(=O)c1ccc(OCCCCC(F)(F)F)cc1. The first-order chi connectivity index (χ1) is 34.6. The highest BCUT2D eigenvalue weighted by atomic mass is 19.4. The number of ether oxygens (including phenoxy) is 6. The van der Waals surface area contributed by atoms with E-state index in [1.54, 1.807) is 0 Å². The Bertz CT molecular complexity index is 2560. The summed E-state index contributed by atoms with van der Waals surface area (Å²) in [5, 5.41) is 22.9. The predicted octanol–water partition coefficient (Wildman–Crippen LogP) is 9.90. The van der Waals surface area contributed by atoms with Crippen molar-refractivity contribution in [2.45, 2.75) is 69.0 Å². The van der Waals surface area contributed by atoms with Crippen molar-refractivity contribution in [1.29, 1.82) is 0 Å². The number of unbranched alkanes of at least 4 members (excludes halogenated alkanes) is 2. The van der Waals surface area contributed by atoms with Crippen LogP contribution in [-0.2, 0) is 9.59 Å². The number of nitrogens with two attached hydrogens (primary N) is 2. The molecule has 2 unspecified atom stereocenters. The molecule has 0 aromatic heterocycles. The highest BCUT2D eigenvalue weighted by molar-refractivity contribution is 6.01. The van der Waals surface area contributed by atoms with Gasteiger partial charge in [0.1, 0.15) is 23.7 Å². The summed E-state index contributed by atoms with van der Waals surface area (Å²) < 4.78 is 107. The fraction of sp³-hybridized carbons (Fsp3) is 0.283. The molecule has 0 aliphatic rings. The van der Waals surface area contributed by atoms with Crippen molar-refractivity contribution in [2.75, 3.05) is 38.9 Å². The average Bonchev–Trinajstić information content (AvgIpc) is 3.34. The van der Waals surface area contributed by atoms with Gasteiger partial charge in [-0.25, -0.2) is 9.59 Å². The molecule has 20 heteroatoms. The van der Waals surface area contributed by atoms with E-state index >= 15 is 0 Å². The molecule has 14 nitrogen and oxygen atoms in total. The number of rotatable bonds is 25. The van der Waals surface area contributed by atoms with Crippen LogP contribution in [0.5, 0.6) is 34.5 Å². The van der Waals surface area contributed by atoms with E-state index in [4.69, 9.17) is 39.9 Å². The van der Waals surface area contributed by atoms with Gasteiger partial charge in [-0.3, -0.25) is 9.59 Å². The van der Waals surface area contributed by atoms with E-state index in [9.17, 15) is 55.7 Å². The molecule has 0 aliphatic heterocycles. The lowest BCUT2D eigenvalue weighted by Crippen LogP contribution is -2.38. The van der Waals surface area contributed by atoms with Crippen molar-refractivity contribution in [2.24, 2.45) is 0 Å². The molecule has 0 spiro atoms. The Balaban J connectivity index is 1.22. The Morgan fingerprint density at radius 3 is 1.27 bits per heavy atom. The van der Waals surface area contributed by atoms with E-state index in [1.165, 1.54) is 129 Å². The molecule has 0 heterocycles. The van der Waals surface area contributed by atoms with E-state index in [0.717, 1.165) is 12.2 Å². The van der Waals surface area contributed by atoms with E-state index in [-0.39, 0.29) is 90.0 Å². The lowest BCUT2D eigenvalue weighted by atomic mass is 9.83. The number of anilines is 2. The highest BCUT2D eigenvalue weighted by Crippen LogP contribution is 2.34. The summed E-state index contributed by atoms with van der Waals surface area (Å²) in [6.45, 7) is 0.122. The molecule has 0 saturated heterocycles. The van der Waals surface area contributed by atoms with Gasteiger partial charge in [-0.1, -0.05) is 24.3 Å². The molecule has 6 N–H and O–H groups in total. The number of halogens is 6. The summed E-state index contributed by atoms with van der Waals surface area (Å²) in [6.07, 6.45) is -9.44. The number of benzene rings is 5. The third-order valence-electron chi connectivity index (χ3n) is 10.7. The zero-order valence-corrected chi connectivity index (χ0v) is 39.4. The number of carbonyl (C=O) groups is 4. The Labute approximate surface area is 415 Å². The van der Waals surface area contributed by atoms with Crippen LogP contribution in [0.25, 0.3) is 12.2 Å². The van der Waals surface area contributed by atoms with Gasteiger partial charge in [0.15, 0.2) is 34.6 Å². The fourth-order valence-corrected chi connectivity index (χ4v) is 7.01. The largest absolute Gasteiger partial charge is 0.494 e. The van der Waals surface area contributed by atoms with Gasteiger partial charge in [0.05, 0.1) is 44.5 Å². The second-order valence-corrected chi connectivity index (χ2v) is 16.3. The van der Waals surface area contributed by atoms with Crippen molar-refractivity contribution in [1.82, 2.24) is 0 Å². The zero-order valence-electron chi connectivity index (χ0n) is 39.4. The normalized spacial score (nSPS) is 13.0. The van der Waals surface area contributed by atoms with Gasteiger partial charge in [-0.15, -0.1) is 0 Å². The number of hydrogen-bond donors (Lipinski definition) is 4. The first-order valence-electron chi connectivity index (χ1n) is 22.5. The molecule has 0 amide bonds. The highest BCUT2D eigenvalue weighted by Gasteiger charge is 2.36. The van der Waals surface area contributed by atoms with Gasteiger partial charge in [-0.2, -0.15) is 26.3 Å². The Kier molecular flexibility index (Phi) is 20.0. The second-order valence-electron chi connectivity index (χ2n) is 16.3. The number of hydrogen-bond acceptors (Lipinski definition) is 14. The number of methoxy groups -OCH3 is 2. The number of ketones is 2. The average molecular weight is 1020 g/mol. The molecule has 73 heavy (non-hydrogen) atoms. The van der Waals surface area contributed by atoms with Gasteiger partial charge >= 0.3 is 24.3 Å². The molecule has 5 aromatic carbocycles. The minimum absolute atomic E-state index is 0.0156. The minimum atomic E-state index is -4.24. The quantitative estimate of drug-likeness (QED) is 0.0107. The monoisotopic (exact) mass is 1020 g/mol. The summed E-state index contributed by atoms with van der Waals surface area (Å²) in [7, 11) is 2.63. The first kappa shape index (κ1) is 56.1. The lowest BCUT2D eigenvalue weighted by Gasteiger charge is -2.26. The summed E-state index contributed by atoms with van der Waals surface area (Å²) in [4.78, 5) is 53.0. The fourth-order valence-electron chi connectivity index (χ4n) is 7.01. The molecule has 0 saturated carbocycles.